The molecule has 0 N–H and O–H groups in total. The zero-order chi connectivity index (χ0) is 19.4. The van der Waals surface area contributed by atoms with E-state index in [0.717, 1.165) is 22.0 Å². The van der Waals surface area contributed by atoms with Crippen LogP contribution >= 0.6 is 51.5 Å². The van der Waals surface area contributed by atoms with Gasteiger partial charge >= 0.3 is 0 Å². The molecule has 1 amide bonds. The first-order valence-electron chi connectivity index (χ1n) is 8.40. The van der Waals surface area contributed by atoms with Crippen LogP contribution in [0.25, 0.3) is 6.08 Å². The molecular weight excluding hydrogens is 466 g/mol. The lowest BCUT2D eigenvalue weighted by molar-refractivity contribution is -0.122. The Morgan fingerprint density at radius 1 is 1.30 bits per heavy atom. The highest BCUT2D eigenvalue weighted by Gasteiger charge is 2.31. The topological polar surface area (TPSA) is 29.5 Å². The molecule has 3 rings (SSSR count). The number of amides is 1. The minimum atomic E-state index is -0.0520. The summed E-state index contributed by atoms with van der Waals surface area (Å²) in [6, 6.07) is 13.3. The van der Waals surface area contributed by atoms with E-state index < -0.39 is 0 Å². The van der Waals surface area contributed by atoms with Crippen LogP contribution < -0.4 is 4.74 Å². The van der Waals surface area contributed by atoms with Crippen molar-refractivity contribution in [2.75, 3.05) is 6.54 Å². The highest BCUT2D eigenvalue weighted by molar-refractivity contribution is 9.10. The molecular formula is C20H17BrClNO2S2. The van der Waals surface area contributed by atoms with Crippen molar-refractivity contribution in [2.45, 2.75) is 20.0 Å². The number of hydrogen-bond acceptors (Lipinski definition) is 4. The van der Waals surface area contributed by atoms with Gasteiger partial charge in [-0.25, -0.2) is 0 Å². The molecule has 1 aliphatic heterocycles. The average molecular weight is 483 g/mol. The smallest absolute Gasteiger partial charge is 0.266 e. The molecule has 0 atom stereocenters. The number of thiocarbonyl (C=S) groups is 1. The van der Waals surface area contributed by atoms with E-state index in [9.17, 15) is 4.79 Å². The molecule has 3 nitrogen and oxygen atoms in total. The van der Waals surface area contributed by atoms with Crippen LogP contribution in [-0.4, -0.2) is 21.7 Å². The van der Waals surface area contributed by atoms with Crippen molar-refractivity contribution >= 4 is 67.8 Å². The summed E-state index contributed by atoms with van der Waals surface area (Å²) in [6.45, 7) is 3.01. The Balaban J connectivity index is 1.85. The molecule has 0 spiro atoms. The maximum atomic E-state index is 12.6. The second-order valence-electron chi connectivity index (χ2n) is 5.90. The number of rotatable bonds is 6. The molecule has 0 unspecified atom stereocenters. The fraction of sp³-hybridized carbons (Fsp3) is 0.200. The third kappa shape index (κ3) is 4.93. The Bertz CT molecular complexity index is 917. The van der Waals surface area contributed by atoms with E-state index in [1.54, 1.807) is 4.90 Å². The van der Waals surface area contributed by atoms with Gasteiger partial charge < -0.3 is 4.74 Å². The van der Waals surface area contributed by atoms with Crippen LogP contribution in [0.2, 0.25) is 5.02 Å². The second-order valence-corrected chi connectivity index (χ2v) is 8.89. The highest BCUT2D eigenvalue weighted by atomic mass is 79.9. The first kappa shape index (κ1) is 20.4. The number of carbonyl (C=O) groups is 1. The first-order chi connectivity index (χ1) is 13.0. The summed E-state index contributed by atoms with van der Waals surface area (Å²) >= 11 is 16.4. The van der Waals surface area contributed by atoms with Crippen LogP contribution in [-0.2, 0) is 11.4 Å². The van der Waals surface area contributed by atoms with E-state index >= 15 is 0 Å². The Labute approximate surface area is 181 Å². The standard InChI is InChI=1S/C20H17BrClNO2S2/c1-2-9-23-19(24)18(27-20(23)26)11-14-10-15(21)7-8-17(14)25-12-13-5-3-4-6-16(13)22/h3-8,10-11H,2,9,12H2,1H3/b18-11-. The zero-order valence-electron chi connectivity index (χ0n) is 14.6. The number of thioether (sulfide) groups is 1. The summed E-state index contributed by atoms with van der Waals surface area (Å²) < 4.78 is 7.49. The molecule has 0 radical (unpaired) electrons. The average Bonchev–Trinajstić information content (AvgIpc) is 2.90. The van der Waals surface area contributed by atoms with Crippen LogP contribution in [0.5, 0.6) is 5.75 Å². The van der Waals surface area contributed by atoms with Gasteiger partial charge in [0.25, 0.3) is 5.91 Å². The van der Waals surface area contributed by atoms with Crippen LogP contribution in [0.4, 0.5) is 0 Å². The van der Waals surface area contributed by atoms with Crippen LogP contribution in [0, 0.1) is 0 Å². The Morgan fingerprint density at radius 2 is 2.07 bits per heavy atom. The molecule has 1 saturated heterocycles. The Morgan fingerprint density at radius 3 is 2.81 bits per heavy atom. The number of ether oxygens (including phenoxy) is 1. The predicted molar refractivity (Wildman–Crippen MR) is 120 cm³/mol. The lowest BCUT2D eigenvalue weighted by Gasteiger charge is -2.12. The monoisotopic (exact) mass is 481 g/mol. The fourth-order valence-corrected chi connectivity index (χ4v) is 4.46. The van der Waals surface area contributed by atoms with Gasteiger partial charge in [-0.15, -0.1) is 0 Å². The number of hydrogen-bond donors (Lipinski definition) is 0. The van der Waals surface area contributed by atoms with E-state index in [1.165, 1.54) is 11.8 Å². The predicted octanol–water partition coefficient (Wildman–Crippen LogP) is 6.29. The molecule has 0 aromatic heterocycles. The molecule has 0 bridgehead atoms. The van der Waals surface area contributed by atoms with Gasteiger partial charge in [0.05, 0.1) is 4.91 Å². The van der Waals surface area contributed by atoms with Gasteiger partial charge in [0.15, 0.2) is 0 Å². The largest absolute Gasteiger partial charge is 0.488 e. The number of nitrogens with zero attached hydrogens (tertiary/aromatic N) is 1. The lowest BCUT2D eigenvalue weighted by Crippen LogP contribution is -2.28. The first-order valence-corrected chi connectivity index (χ1v) is 10.8. The normalized spacial score (nSPS) is 15.7. The van der Waals surface area contributed by atoms with E-state index in [-0.39, 0.29) is 5.91 Å². The van der Waals surface area contributed by atoms with Crippen molar-refractivity contribution in [2.24, 2.45) is 0 Å². The summed E-state index contributed by atoms with van der Waals surface area (Å²) in [5.41, 5.74) is 1.72. The van der Waals surface area contributed by atoms with E-state index in [1.807, 2.05) is 55.5 Å². The summed E-state index contributed by atoms with van der Waals surface area (Å²) in [4.78, 5) is 14.9. The molecule has 2 aromatic carbocycles. The molecule has 0 aliphatic carbocycles. The second kappa shape index (κ2) is 9.24. The number of halogens is 2. The number of benzene rings is 2. The molecule has 0 saturated carbocycles. The molecule has 2 aromatic rings. The van der Waals surface area contributed by atoms with Gasteiger partial charge in [-0.3, -0.25) is 9.69 Å². The van der Waals surface area contributed by atoms with Gasteiger partial charge in [-0.2, -0.15) is 0 Å². The molecule has 140 valence electrons. The maximum Gasteiger partial charge on any atom is 0.266 e. The van der Waals surface area contributed by atoms with Crippen molar-refractivity contribution < 1.29 is 9.53 Å². The van der Waals surface area contributed by atoms with Crippen LogP contribution in [0.3, 0.4) is 0 Å². The van der Waals surface area contributed by atoms with Crippen molar-refractivity contribution in [3.8, 4) is 5.75 Å². The van der Waals surface area contributed by atoms with E-state index in [2.05, 4.69) is 15.9 Å². The molecule has 1 heterocycles. The zero-order valence-corrected chi connectivity index (χ0v) is 18.6. The minimum absolute atomic E-state index is 0.0520. The summed E-state index contributed by atoms with van der Waals surface area (Å²) in [5.74, 6) is 0.628. The Hall–Kier alpha value is -1.34. The van der Waals surface area contributed by atoms with Crippen molar-refractivity contribution in [3.05, 3.63) is 68.0 Å². The van der Waals surface area contributed by atoms with Gasteiger partial charge in [-0.05, 0) is 36.8 Å². The van der Waals surface area contributed by atoms with E-state index in [0.29, 0.717) is 33.1 Å². The van der Waals surface area contributed by atoms with Crippen molar-refractivity contribution in [1.29, 1.82) is 0 Å². The van der Waals surface area contributed by atoms with Crippen molar-refractivity contribution in [3.63, 3.8) is 0 Å². The minimum Gasteiger partial charge on any atom is -0.488 e. The quantitative estimate of drug-likeness (QED) is 0.357. The van der Waals surface area contributed by atoms with E-state index in [4.69, 9.17) is 28.6 Å². The van der Waals surface area contributed by atoms with Gasteiger partial charge in [0, 0.05) is 27.2 Å². The molecule has 7 heteroatoms. The van der Waals surface area contributed by atoms with Gasteiger partial charge in [-0.1, -0.05) is 76.6 Å². The fourth-order valence-electron chi connectivity index (χ4n) is 2.59. The van der Waals surface area contributed by atoms with Crippen LogP contribution in [0.1, 0.15) is 24.5 Å². The Kier molecular flexibility index (Phi) is 6.98. The third-order valence-corrected chi connectivity index (χ3v) is 6.16. The maximum absolute atomic E-state index is 12.6. The number of carbonyl (C=O) groups excluding carboxylic acids is 1. The third-order valence-electron chi connectivity index (χ3n) is 3.92. The SMILES string of the molecule is CCCN1C(=O)/C(=C/c2cc(Br)ccc2OCc2ccccc2Cl)SC1=S. The summed E-state index contributed by atoms with van der Waals surface area (Å²) in [7, 11) is 0. The van der Waals surface area contributed by atoms with Gasteiger partial charge in [0.1, 0.15) is 16.7 Å². The molecule has 1 fully saturated rings. The van der Waals surface area contributed by atoms with Crippen molar-refractivity contribution in [1.82, 2.24) is 4.90 Å². The van der Waals surface area contributed by atoms with Crippen LogP contribution in [0.15, 0.2) is 51.8 Å². The van der Waals surface area contributed by atoms with Gasteiger partial charge in [0.2, 0.25) is 0 Å². The summed E-state index contributed by atoms with van der Waals surface area (Å²) in [6.07, 6.45) is 2.70. The highest BCUT2D eigenvalue weighted by Crippen LogP contribution is 2.35. The molecule has 27 heavy (non-hydrogen) atoms. The summed E-state index contributed by atoms with van der Waals surface area (Å²) in [5, 5.41) is 0.664. The molecule has 1 aliphatic rings. The lowest BCUT2D eigenvalue weighted by atomic mass is 10.1.